The number of hydrogen-bond acceptors (Lipinski definition) is 0. The van der Waals surface area contributed by atoms with Crippen molar-refractivity contribution < 1.29 is 0 Å². The van der Waals surface area contributed by atoms with Crippen LogP contribution >= 0.6 is 0 Å². The normalized spacial score (nSPS) is 11.3. The van der Waals surface area contributed by atoms with Crippen LogP contribution in [0, 0.1) is 6.92 Å². The van der Waals surface area contributed by atoms with Gasteiger partial charge in [0.05, 0.1) is 11.0 Å². The number of fused-ring (bicyclic) bond motifs is 3. The fraction of sp³-hybridized carbons (Fsp3) is 0.0323. The summed E-state index contributed by atoms with van der Waals surface area (Å²) in [5.41, 5.74) is 10.0. The second-order valence-electron chi connectivity index (χ2n) is 8.28. The molecule has 0 saturated heterocycles. The minimum absolute atomic E-state index is 1.19. The van der Waals surface area contributed by atoms with Gasteiger partial charge in [0.1, 0.15) is 0 Å². The van der Waals surface area contributed by atoms with Crippen LogP contribution in [0.15, 0.2) is 121 Å². The molecule has 0 amide bonds. The molecule has 1 aromatic heterocycles. The van der Waals surface area contributed by atoms with Gasteiger partial charge in [-0.05, 0) is 59.0 Å². The van der Waals surface area contributed by atoms with Gasteiger partial charge in [-0.1, -0.05) is 97.1 Å². The summed E-state index contributed by atoms with van der Waals surface area (Å²) in [5.74, 6) is 0. The van der Waals surface area contributed by atoms with E-state index in [9.17, 15) is 0 Å². The highest BCUT2D eigenvalue weighted by Gasteiger charge is 2.16. The maximum atomic E-state index is 2.37. The Kier molecular flexibility index (Phi) is 4.40. The standard InChI is InChI=1S/C31H23N/c1-22-21-24(19-20-26(22)23-11-4-2-5-12-23)27-16-10-18-30-31(27)28-15-8-9-17-29(28)32(30)25-13-6-3-7-14-25/h2-21H,1H3. The highest BCUT2D eigenvalue weighted by Crippen LogP contribution is 2.39. The third-order valence-electron chi connectivity index (χ3n) is 6.33. The highest BCUT2D eigenvalue weighted by molar-refractivity contribution is 6.15. The number of para-hydroxylation sites is 2. The Balaban J connectivity index is 1.61. The van der Waals surface area contributed by atoms with Crippen LogP contribution in [0.4, 0.5) is 0 Å². The average Bonchev–Trinajstić information content (AvgIpc) is 3.20. The fourth-order valence-electron chi connectivity index (χ4n) is 4.89. The lowest BCUT2D eigenvalue weighted by molar-refractivity contribution is 1.18. The van der Waals surface area contributed by atoms with Crippen molar-refractivity contribution in [2.45, 2.75) is 6.92 Å². The van der Waals surface area contributed by atoms with E-state index >= 15 is 0 Å². The Morgan fingerprint density at radius 2 is 1.19 bits per heavy atom. The Hall–Kier alpha value is -4.10. The Morgan fingerprint density at radius 1 is 0.500 bits per heavy atom. The van der Waals surface area contributed by atoms with Gasteiger partial charge in [-0.25, -0.2) is 0 Å². The predicted octanol–water partition coefficient (Wildman–Crippen LogP) is 8.43. The second kappa shape index (κ2) is 7.55. The molecule has 0 saturated carbocycles. The summed E-state index contributed by atoms with van der Waals surface area (Å²) in [6, 6.07) is 43.5. The van der Waals surface area contributed by atoms with Gasteiger partial charge in [-0.2, -0.15) is 0 Å². The lowest BCUT2D eigenvalue weighted by Gasteiger charge is -2.11. The number of aromatic nitrogens is 1. The molecule has 0 fully saturated rings. The first-order chi connectivity index (χ1) is 15.8. The second-order valence-corrected chi connectivity index (χ2v) is 8.28. The third-order valence-corrected chi connectivity index (χ3v) is 6.33. The third kappa shape index (κ3) is 2.94. The van der Waals surface area contributed by atoms with Crippen LogP contribution in [-0.2, 0) is 0 Å². The van der Waals surface area contributed by atoms with E-state index < -0.39 is 0 Å². The number of rotatable bonds is 3. The minimum atomic E-state index is 1.19. The molecular weight excluding hydrogens is 386 g/mol. The first-order valence-electron chi connectivity index (χ1n) is 11.1. The number of nitrogens with zero attached hydrogens (tertiary/aromatic N) is 1. The molecule has 0 spiro atoms. The summed E-state index contributed by atoms with van der Waals surface area (Å²) < 4.78 is 2.37. The monoisotopic (exact) mass is 409 g/mol. The number of benzene rings is 5. The first kappa shape index (κ1) is 18.7. The van der Waals surface area contributed by atoms with Gasteiger partial charge in [0.2, 0.25) is 0 Å². The molecule has 0 radical (unpaired) electrons. The van der Waals surface area contributed by atoms with Crippen molar-refractivity contribution in [2.24, 2.45) is 0 Å². The molecule has 5 aromatic carbocycles. The van der Waals surface area contributed by atoms with Gasteiger partial charge in [0.15, 0.2) is 0 Å². The van der Waals surface area contributed by atoms with Crippen molar-refractivity contribution >= 4 is 21.8 Å². The minimum Gasteiger partial charge on any atom is -0.309 e. The summed E-state index contributed by atoms with van der Waals surface area (Å²) >= 11 is 0. The lowest BCUT2D eigenvalue weighted by Crippen LogP contribution is -1.93. The SMILES string of the molecule is Cc1cc(-c2cccc3c2c2ccccc2n3-c2ccccc2)ccc1-c1ccccc1. The Morgan fingerprint density at radius 3 is 1.97 bits per heavy atom. The smallest absolute Gasteiger partial charge is 0.0547 e. The van der Waals surface area contributed by atoms with Crippen molar-refractivity contribution in [1.29, 1.82) is 0 Å². The van der Waals surface area contributed by atoms with Gasteiger partial charge in [-0.15, -0.1) is 0 Å². The van der Waals surface area contributed by atoms with E-state index in [0.29, 0.717) is 0 Å². The molecule has 6 aromatic rings. The van der Waals surface area contributed by atoms with Gasteiger partial charge in [0, 0.05) is 16.5 Å². The zero-order chi connectivity index (χ0) is 21.5. The zero-order valence-corrected chi connectivity index (χ0v) is 18.0. The maximum absolute atomic E-state index is 2.37. The maximum Gasteiger partial charge on any atom is 0.0547 e. The molecule has 1 heteroatoms. The Bertz CT molecular complexity index is 1560. The van der Waals surface area contributed by atoms with E-state index in [1.807, 2.05) is 0 Å². The van der Waals surface area contributed by atoms with Crippen molar-refractivity contribution in [3.8, 4) is 27.9 Å². The van der Waals surface area contributed by atoms with Crippen LogP contribution in [0.1, 0.15) is 5.56 Å². The average molecular weight is 410 g/mol. The largest absolute Gasteiger partial charge is 0.309 e. The van der Waals surface area contributed by atoms with Gasteiger partial charge in [0.25, 0.3) is 0 Å². The van der Waals surface area contributed by atoms with E-state index in [1.165, 1.54) is 55.3 Å². The lowest BCUT2D eigenvalue weighted by atomic mass is 9.94. The molecule has 0 aliphatic carbocycles. The summed E-state index contributed by atoms with van der Waals surface area (Å²) in [7, 11) is 0. The van der Waals surface area contributed by atoms with E-state index in [1.54, 1.807) is 0 Å². The highest BCUT2D eigenvalue weighted by atomic mass is 15.0. The van der Waals surface area contributed by atoms with Crippen LogP contribution in [0.5, 0.6) is 0 Å². The summed E-state index contributed by atoms with van der Waals surface area (Å²) in [5, 5.41) is 2.59. The van der Waals surface area contributed by atoms with Crippen LogP contribution in [-0.4, -0.2) is 4.57 Å². The summed E-state index contributed by atoms with van der Waals surface area (Å²) in [6.45, 7) is 2.21. The molecule has 0 unspecified atom stereocenters. The van der Waals surface area contributed by atoms with Crippen molar-refractivity contribution in [1.82, 2.24) is 4.57 Å². The number of hydrogen-bond donors (Lipinski definition) is 0. The van der Waals surface area contributed by atoms with Crippen molar-refractivity contribution in [3.63, 3.8) is 0 Å². The predicted molar refractivity (Wildman–Crippen MR) is 136 cm³/mol. The molecule has 0 aliphatic rings. The quantitative estimate of drug-likeness (QED) is 0.276. The summed E-state index contributed by atoms with van der Waals surface area (Å²) in [6.07, 6.45) is 0. The molecule has 1 nitrogen and oxygen atoms in total. The molecule has 32 heavy (non-hydrogen) atoms. The van der Waals surface area contributed by atoms with Crippen molar-refractivity contribution in [3.05, 3.63) is 127 Å². The fourth-order valence-corrected chi connectivity index (χ4v) is 4.89. The van der Waals surface area contributed by atoms with E-state index in [-0.39, 0.29) is 0 Å². The van der Waals surface area contributed by atoms with Crippen molar-refractivity contribution in [2.75, 3.05) is 0 Å². The molecule has 1 heterocycles. The molecular formula is C31H23N. The Labute approximate surface area is 188 Å². The molecule has 6 rings (SSSR count). The molecule has 0 bridgehead atoms. The van der Waals surface area contributed by atoms with E-state index in [2.05, 4.69) is 133 Å². The van der Waals surface area contributed by atoms with E-state index in [4.69, 9.17) is 0 Å². The van der Waals surface area contributed by atoms with Crippen LogP contribution in [0.2, 0.25) is 0 Å². The van der Waals surface area contributed by atoms with Gasteiger partial charge < -0.3 is 4.57 Å². The first-order valence-corrected chi connectivity index (χ1v) is 11.1. The molecule has 0 N–H and O–H groups in total. The van der Waals surface area contributed by atoms with Crippen LogP contribution in [0.3, 0.4) is 0 Å². The van der Waals surface area contributed by atoms with Gasteiger partial charge in [-0.3, -0.25) is 0 Å². The number of aryl methyl sites for hydroxylation is 1. The van der Waals surface area contributed by atoms with Crippen LogP contribution < -0.4 is 0 Å². The molecule has 152 valence electrons. The molecule has 0 aliphatic heterocycles. The van der Waals surface area contributed by atoms with E-state index in [0.717, 1.165) is 0 Å². The van der Waals surface area contributed by atoms with Crippen LogP contribution in [0.25, 0.3) is 49.7 Å². The molecule has 0 atom stereocenters. The van der Waals surface area contributed by atoms with Gasteiger partial charge >= 0.3 is 0 Å². The topological polar surface area (TPSA) is 4.93 Å². The summed E-state index contributed by atoms with van der Waals surface area (Å²) in [4.78, 5) is 0. The zero-order valence-electron chi connectivity index (χ0n) is 18.0.